The van der Waals surface area contributed by atoms with E-state index in [1.54, 1.807) is 29.5 Å². The van der Waals surface area contributed by atoms with Crippen LogP contribution in [0.2, 0.25) is 0 Å². The Bertz CT molecular complexity index is 1020. The third-order valence-corrected chi connectivity index (χ3v) is 7.83. The molecule has 0 saturated carbocycles. The maximum Gasteiger partial charge on any atom is 0.270 e. The molecule has 30 heavy (non-hydrogen) atoms. The second-order valence-corrected chi connectivity index (χ2v) is 9.90. The van der Waals surface area contributed by atoms with Crippen LogP contribution in [-0.4, -0.2) is 17.0 Å². The van der Waals surface area contributed by atoms with Gasteiger partial charge in [-0.15, -0.1) is 11.3 Å². The topological polar surface area (TPSA) is 84.3 Å². The maximum absolute atomic E-state index is 12.9. The van der Waals surface area contributed by atoms with E-state index in [2.05, 4.69) is 31.4 Å². The first-order valence-electron chi connectivity index (χ1n) is 10.4. The van der Waals surface area contributed by atoms with E-state index in [1.165, 1.54) is 22.6 Å². The number of hydrogen-bond donors (Lipinski definition) is 2. The van der Waals surface area contributed by atoms with E-state index >= 15 is 0 Å². The van der Waals surface area contributed by atoms with E-state index < -0.39 is 4.92 Å². The zero-order chi connectivity index (χ0) is 21.5. The van der Waals surface area contributed by atoms with Crippen molar-refractivity contribution in [1.82, 2.24) is 5.32 Å². The first kappa shape index (κ1) is 20.6. The highest BCUT2D eigenvalue weighted by Crippen LogP contribution is 2.46. The lowest BCUT2D eigenvalue weighted by Gasteiger charge is -2.36. The molecule has 2 aromatic rings. The molecular weight excluding hydrogens is 398 g/mol. The monoisotopic (exact) mass is 425 g/mol. The average molecular weight is 426 g/mol. The molecule has 0 bridgehead atoms. The second-order valence-electron chi connectivity index (χ2n) is 8.80. The summed E-state index contributed by atoms with van der Waals surface area (Å²) in [7, 11) is 0. The van der Waals surface area contributed by atoms with Crippen LogP contribution in [-0.2, 0) is 12.8 Å². The summed E-state index contributed by atoms with van der Waals surface area (Å²) in [6.07, 6.45) is 7.56. The van der Waals surface area contributed by atoms with Gasteiger partial charge in [-0.25, -0.2) is 0 Å². The number of thiophene rings is 1. The second kappa shape index (κ2) is 7.87. The predicted octanol–water partition coefficient (Wildman–Crippen LogP) is 5.39. The molecule has 1 amide bonds. The van der Waals surface area contributed by atoms with Crippen LogP contribution in [0.25, 0.3) is 6.08 Å². The van der Waals surface area contributed by atoms with Crippen LogP contribution in [0.1, 0.15) is 60.0 Å². The highest BCUT2D eigenvalue weighted by atomic mass is 32.1. The zero-order valence-electron chi connectivity index (χ0n) is 17.5. The van der Waals surface area contributed by atoms with Gasteiger partial charge in [-0.1, -0.05) is 45.4 Å². The number of benzene rings is 1. The third-order valence-electron chi connectivity index (χ3n) is 6.64. The van der Waals surface area contributed by atoms with E-state index in [0.717, 1.165) is 41.8 Å². The highest BCUT2D eigenvalue weighted by Gasteiger charge is 2.36. The fourth-order valence-corrected chi connectivity index (χ4v) is 5.68. The van der Waals surface area contributed by atoms with E-state index in [9.17, 15) is 14.9 Å². The average Bonchev–Trinajstić information content (AvgIpc) is 3.10. The zero-order valence-corrected chi connectivity index (χ0v) is 18.3. The van der Waals surface area contributed by atoms with Gasteiger partial charge < -0.3 is 10.6 Å². The van der Waals surface area contributed by atoms with Crippen LogP contribution in [0.3, 0.4) is 0 Å². The Labute approximate surface area is 180 Å². The number of carbonyl (C=O) groups excluding carboxylic acids is 1. The van der Waals surface area contributed by atoms with Gasteiger partial charge in [0.1, 0.15) is 11.2 Å². The van der Waals surface area contributed by atoms with Crippen molar-refractivity contribution in [3.63, 3.8) is 0 Å². The van der Waals surface area contributed by atoms with Gasteiger partial charge in [0.05, 0.1) is 10.5 Å². The minimum atomic E-state index is -0.409. The minimum Gasteiger partial charge on any atom is -0.353 e. The fraction of sp³-hybridized carbons (Fsp3) is 0.435. The Hall–Kier alpha value is -2.67. The van der Waals surface area contributed by atoms with Crippen LogP contribution < -0.4 is 10.6 Å². The summed E-state index contributed by atoms with van der Waals surface area (Å²) in [5.74, 6) is 0.603. The molecule has 0 spiro atoms. The van der Waals surface area contributed by atoms with Crippen LogP contribution in [0.4, 0.5) is 10.7 Å². The van der Waals surface area contributed by atoms with Gasteiger partial charge >= 0.3 is 0 Å². The molecule has 0 fully saturated rings. The molecule has 6 nitrogen and oxygen atoms in total. The van der Waals surface area contributed by atoms with Crippen molar-refractivity contribution in [3.05, 3.63) is 62.0 Å². The molecule has 0 radical (unpaired) electrons. The number of nitro benzene ring substituents is 1. The fourth-order valence-electron chi connectivity index (χ4n) is 4.32. The number of nitrogens with one attached hydrogen (secondary N) is 2. The van der Waals surface area contributed by atoms with Crippen molar-refractivity contribution in [3.8, 4) is 0 Å². The molecule has 2 N–H and O–H groups in total. The van der Waals surface area contributed by atoms with Crippen molar-refractivity contribution >= 4 is 34.0 Å². The first-order chi connectivity index (χ1) is 14.3. The molecule has 0 saturated heterocycles. The number of nitrogens with zero attached hydrogens (tertiary/aromatic N) is 1. The first-order valence-corrected chi connectivity index (χ1v) is 11.2. The van der Waals surface area contributed by atoms with E-state index in [-0.39, 0.29) is 17.8 Å². The Morgan fingerprint density at radius 3 is 2.87 bits per heavy atom. The number of fused-ring (bicyclic) bond motifs is 3. The van der Waals surface area contributed by atoms with Gasteiger partial charge in [0.15, 0.2) is 0 Å². The van der Waals surface area contributed by atoms with E-state index in [0.29, 0.717) is 11.3 Å². The molecular formula is C23H27N3O3S. The lowest BCUT2D eigenvalue weighted by molar-refractivity contribution is -0.384. The predicted molar refractivity (Wildman–Crippen MR) is 121 cm³/mol. The Balaban J connectivity index is 1.53. The third kappa shape index (κ3) is 3.86. The maximum atomic E-state index is 12.9. The van der Waals surface area contributed by atoms with Crippen molar-refractivity contribution < 1.29 is 9.72 Å². The SMILES string of the molecule is CCC(C)(C)[C@H]1CCc2c(sc3c2C(=O)N[C@H](/C=C/c2cccc([N+](=O)[O-])c2)N3)C1. The Morgan fingerprint density at radius 1 is 1.33 bits per heavy atom. The molecule has 1 aliphatic heterocycles. The van der Waals surface area contributed by atoms with Gasteiger partial charge in [-0.3, -0.25) is 14.9 Å². The van der Waals surface area contributed by atoms with Gasteiger partial charge in [0, 0.05) is 17.0 Å². The molecule has 1 aliphatic carbocycles. The summed E-state index contributed by atoms with van der Waals surface area (Å²) < 4.78 is 0. The van der Waals surface area contributed by atoms with Crippen LogP contribution in [0, 0.1) is 21.4 Å². The number of non-ortho nitro benzene ring substituents is 1. The standard InChI is InChI=1S/C23H27N3O3S/c1-4-23(2,3)15-9-10-17-18(13-15)30-22-20(17)21(27)24-19(25-22)11-8-14-6-5-7-16(12-14)26(28)29/h5-8,11-12,15,19,25H,4,9-10,13H2,1-3H3,(H,24,27)/b11-8+/t15-,19-/m0/s1. The Morgan fingerprint density at radius 2 is 2.13 bits per heavy atom. The van der Waals surface area contributed by atoms with Gasteiger partial charge in [0.2, 0.25) is 0 Å². The molecule has 1 aromatic heterocycles. The van der Waals surface area contributed by atoms with Gasteiger partial charge in [-0.2, -0.15) is 0 Å². The molecule has 1 aromatic carbocycles. The number of anilines is 1. The van der Waals surface area contributed by atoms with E-state index in [1.807, 2.05) is 6.08 Å². The molecule has 4 rings (SSSR count). The summed E-state index contributed by atoms with van der Waals surface area (Å²) in [6.45, 7) is 6.94. The number of carbonyl (C=O) groups is 1. The molecule has 2 heterocycles. The smallest absolute Gasteiger partial charge is 0.270 e. The van der Waals surface area contributed by atoms with Crippen molar-refractivity contribution in [2.75, 3.05) is 5.32 Å². The molecule has 2 atom stereocenters. The summed E-state index contributed by atoms with van der Waals surface area (Å²) in [6, 6.07) is 6.45. The van der Waals surface area contributed by atoms with Gasteiger partial charge in [-0.05, 0) is 47.8 Å². The highest BCUT2D eigenvalue weighted by molar-refractivity contribution is 7.16. The lowest BCUT2D eigenvalue weighted by Crippen LogP contribution is -2.43. The number of amides is 1. The quantitative estimate of drug-likeness (QED) is 0.497. The summed E-state index contributed by atoms with van der Waals surface area (Å²) in [5, 5.41) is 18.3. The molecule has 2 aliphatic rings. The summed E-state index contributed by atoms with van der Waals surface area (Å²) in [4.78, 5) is 24.7. The van der Waals surface area contributed by atoms with E-state index in [4.69, 9.17) is 0 Å². The van der Waals surface area contributed by atoms with Crippen LogP contribution in [0.5, 0.6) is 0 Å². The molecule has 158 valence electrons. The van der Waals surface area contributed by atoms with Crippen LogP contribution >= 0.6 is 11.3 Å². The van der Waals surface area contributed by atoms with Crippen LogP contribution in [0.15, 0.2) is 30.3 Å². The Kier molecular flexibility index (Phi) is 5.40. The largest absolute Gasteiger partial charge is 0.353 e. The number of rotatable bonds is 5. The summed E-state index contributed by atoms with van der Waals surface area (Å²) in [5.41, 5.74) is 3.10. The van der Waals surface area contributed by atoms with Crippen molar-refractivity contribution in [2.45, 2.75) is 52.6 Å². The number of nitro groups is 1. The minimum absolute atomic E-state index is 0.0388. The van der Waals surface area contributed by atoms with Gasteiger partial charge in [0.25, 0.3) is 11.6 Å². The molecule has 7 heteroatoms. The normalized spacial score (nSPS) is 21.0. The number of hydrogen-bond acceptors (Lipinski definition) is 5. The molecule has 0 unspecified atom stereocenters. The summed E-state index contributed by atoms with van der Waals surface area (Å²) >= 11 is 1.71. The van der Waals surface area contributed by atoms with Crippen molar-refractivity contribution in [2.24, 2.45) is 11.3 Å². The lowest BCUT2D eigenvalue weighted by atomic mass is 9.69. The van der Waals surface area contributed by atoms with Crippen molar-refractivity contribution in [1.29, 1.82) is 0 Å².